The van der Waals surface area contributed by atoms with Gasteiger partial charge in [-0.1, -0.05) is 12.1 Å². The fraction of sp³-hybridized carbons (Fsp3) is 0.375. The van der Waals surface area contributed by atoms with Crippen LogP contribution in [0.5, 0.6) is 0 Å². The highest BCUT2D eigenvalue weighted by Gasteiger charge is 2.24. The number of carbonyl (C=O) groups excluding carboxylic acids is 1. The lowest BCUT2D eigenvalue weighted by molar-refractivity contribution is 0.0622. The number of fused-ring (bicyclic) bond motifs is 1. The number of aliphatic hydroxyl groups excluding tert-OH is 1. The van der Waals surface area contributed by atoms with Crippen LogP contribution in [0.3, 0.4) is 0 Å². The smallest absolute Gasteiger partial charge is 0.254 e. The normalized spacial score (nSPS) is 19.2. The van der Waals surface area contributed by atoms with Gasteiger partial charge in [-0.15, -0.1) is 0 Å². The van der Waals surface area contributed by atoms with Crippen LogP contribution in [0.2, 0.25) is 0 Å². The molecular formula is C16H18N2O2. The first-order valence-corrected chi connectivity index (χ1v) is 7.03. The van der Waals surface area contributed by atoms with Crippen LogP contribution in [0.15, 0.2) is 36.5 Å². The van der Waals surface area contributed by atoms with E-state index in [1.165, 1.54) is 0 Å². The number of aromatic nitrogens is 1. The molecule has 0 spiro atoms. The number of carbonyl (C=O) groups is 1. The standard InChI is InChI=1S/C16H18N2O2/c19-11-12-4-3-9-18(10-12)16(20)14-5-1-7-15-13(14)6-2-8-17-15/h1-2,5-8,12,19H,3-4,9-11H2. The molecule has 0 bridgehead atoms. The Morgan fingerprint density at radius 1 is 1.35 bits per heavy atom. The number of piperidine rings is 1. The predicted molar refractivity (Wildman–Crippen MR) is 77.5 cm³/mol. The van der Waals surface area contributed by atoms with Gasteiger partial charge >= 0.3 is 0 Å². The van der Waals surface area contributed by atoms with Gasteiger partial charge in [-0.2, -0.15) is 0 Å². The van der Waals surface area contributed by atoms with Crippen molar-refractivity contribution in [2.75, 3.05) is 19.7 Å². The Kier molecular flexibility index (Phi) is 3.65. The summed E-state index contributed by atoms with van der Waals surface area (Å²) < 4.78 is 0. The summed E-state index contributed by atoms with van der Waals surface area (Å²) in [5, 5.41) is 10.2. The number of likely N-dealkylation sites (tertiary alicyclic amines) is 1. The lowest BCUT2D eigenvalue weighted by Crippen LogP contribution is -2.41. The van der Waals surface area contributed by atoms with Crippen molar-refractivity contribution in [3.63, 3.8) is 0 Å². The number of amides is 1. The molecule has 1 amide bonds. The Morgan fingerprint density at radius 3 is 3.10 bits per heavy atom. The van der Waals surface area contributed by atoms with Crippen molar-refractivity contribution in [2.45, 2.75) is 12.8 Å². The number of aliphatic hydroxyl groups is 1. The zero-order valence-corrected chi connectivity index (χ0v) is 11.3. The maximum atomic E-state index is 12.7. The van der Waals surface area contributed by atoms with E-state index in [1.807, 2.05) is 35.2 Å². The van der Waals surface area contributed by atoms with Gasteiger partial charge in [-0.3, -0.25) is 9.78 Å². The van der Waals surface area contributed by atoms with Gasteiger partial charge in [-0.05, 0) is 37.0 Å². The molecule has 1 N–H and O–H groups in total. The van der Waals surface area contributed by atoms with Gasteiger partial charge in [0.1, 0.15) is 0 Å². The number of rotatable bonds is 2. The van der Waals surface area contributed by atoms with E-state index in [2.05, 4.69) is 4.98 Å². The lowest BCUT2D eigenvalue weighted by Gasteiger charge is -2.32. The van der Waals surface area contributed by atoms with E-state index in [4.69, 9.17) is 0 Å². The molecule has 2 heterocycles. The highest BCUT2D eigenvalue weighted by atomic mass is 16.3. The summed E-state index contributed by atoms with van der Waals surface area (Å²) in [5.74, 6) is 0.252. The molecule has 3 rings (SSSR count). The molecule has 0 aliphatic carbocycles. The molecule has 4 heteroatoms. The van der Waals surface area contributed by atoms with E-state index in [0.29, 0.717) is 12.1 Å². The summed E-state index contributed by atoms with van der Waals surface area (Å²) >= 11 is 0. The van der Waals surface area contributed by atoms with Crippen LogP contribution in [0, 0.1) is 5.92 Å². The van der Waals surface area contributed by atoms with Gasteiger partial charge in [0.05, 0.1) is 5.52 Å². The van der Waals surface area contributed by atoms with Crippen LogP contribution in [-0.4, -0.2) is 40.6 Å². The number of hydrogen-bond donors (Lipinski definition) is 1. The molecular weight excluding hydrogens is 252 g/mol. The van der Waals surface area contributed by atoms with E-state index < -0.39 is 0 Å². The first-order valence-electron chi connectivity index (χ1n) is 7.03. The van der Waals surface area contributed by atoms with Gasteiger partial charge in [-0.25, -0.2) is 0 Å². The van der Waals surface area contributed by atoms with Crippen molar-refractivity contribution in [3.05, 3.63) is 42.1 Å². The summed E-state index contributed by atoms with van der Waals surface area (Å²) in [7, 11) is 0. The van der Waals surface area contributed by atoms with E-state index in [1.54, 1.807) is 6.20 Å². The average Bonchev–Trinajstić information content (AvgIpc) is 2.53. The predicted octanol–water partition coefficient (Wildman–Crippen LogP) is 2.08. The SMILES string of the molecule is O=C(c1cccc2ncccc12)N1CCCC(CO)C1. The Balaban J connectivity index is 1.92. The quantitative estimate of drug-likeness (QED) is 0.909. The highest BCUT2D eigenvalue weighted by Crippen LogP contribution is 2.22. The second kappa shape index (κ2) is 5.59. The number of pyridine rings is 1. The fourth-order valence-corrected chi connectivity index (χ4v) is 2.86. The van der Waals surface area contributed by atoms with Gasteiger partial charge in [0.2, 0.25) is 0 Å². The molecule has 2 aromatic rings. The molecule has 1 aliphatic rings. The third-order valence-corrected chi connectivity index (χ3v) is 3.94. The van der Waals surface area contributed by atoms with Gasteiger partial charge < -0.3 is 10.0 Å². The number of hydrogen-bond acceptors (Lipinski definition) is 3. The fourth-order valence-electron chi connectivity index (χ4n) is 2.86. The zero-order chi connectivity index (χ0) is 13.9. The Hall–Kier alpha value is -1.94. The molecule has 1 unspecified atom stereocenters. The summed E-state index contributed by atoms with van der Waals surface area (Å²) in [6.07, 6.45) is 3.69. The molecule has 0 saturated carbocycles. The van der Waals surface area contributed by atoms with Crippen LogP contribution in [0.4, 0.5) is 0 Å². The molecule has 20 heavy (non-hydrogen) atoms. The maximum Gasteiger partial charge on any atom is 0.254 e. The second-order valence-electron chi connectivity index (χ2n) is 5.32. The third kappa shape index (κ3) is 2.39. The van der Waals surface area contributed by atoms with Crippen molar-refractivity contribution in [1.82, 2.24) is 9.88 Å². The molecule has 104 valence electrons. The highest BCUT2D eigenvalue weighted by molar-refractivity contribution is 6.06. The lowest BCUT2D eigenvalue weighted by atomic mass is 9.97. The molecule has 0 radical (unpaired) electrons. The first kappa shape index (κ1) is 13.1. The molecule has 1 saturated heterocycles. The Labute approximate surface area is 118 Å². The first-order chi connectivity index (χ1) is 9.79. The Morgan fingerprint density at radius 2 is 2.25 bits per heavy atom. The van der Waals surface area contributed by atoms with Gasteiger partial charge in [0.25, 0.3) is 5.91 Å². The molecule has 1 aromatic carbocycles. The van der Waals surface area contributed by atoms with Gasteiger partial charge in [0, 0.05) is 36.8 Å². The minimum absolute atomic E-state index is 0.0433. The topological polar surface area (TPSA) is 53.4 Å². The van der Waals surface area contributed by atoms with Crippen LogP contribution in [0.25, 0.3) is 10.9 Å². The molecule has 1 aromatic heterocycles. The Bertz CT molecular complexity index is 621. The van der Waals surface area contributed by atoms with Crippen LogP contribution in [0.1, 0.15) is 23.2 Å². The van der Waals surface area contributed by atoms with Crippen molar-refractivity contribution in [1.29, 1.82) is 0 Å². The van der Waals surface area contributed by atoms with Crippen LogP contribution < -0.4 is 0 Å². The second-order valence-corrected chi connectivity index (χ2v) is 5.32. The summed E-state index contributed by atoms with van der Waals surface area (Å²) in [6.45, 7) is 1.57. The van der Waals surface area contributed by atoms with E-state index in [0.717, 1.165) is 30.3 Å². The summed E-state index contributed by atoms with van der Waals surface area (Å²) in [5.41, 5.74) is 1.54. The van der Waals surface area contributed by atoms with Crippen molar-refractivity contribution >= 4 is 16.8 Å². The summed E-state index contributed by atoms with van der Waals surface area (Å²) in [4.78, 5) is 18.8. The largest absolute Gasteiger partial charge is 0.396 e. The molecule has 1 fully saturated rings. The third-order valence-electron chi connectivity index (χ3n) is 3.94. The van der Waals surface area contributed by atoms with E-state index >= 15 is 0 Å². The molecule has 4 nitrogen and oxygen atoms in total. The number of nitrogens with zero attached hydrogens (tertiary/aromatic N) is 2. The monoisotopic (exact) mass is 270 g/mol. The van der Waals surface area contributed by atoms with Crippen molar-refractivity contribution in [2.24, 2.45) is 5.92 Å². The minimum atomic E-state index is 0.0433. The van der Waals surface area contributed by atoms with E-state index in [-0.39, 0.29) is 18.4 Å². The van der Waals surface area contributed by atoms with E-state index in [9.17, 15) is 9.90 Å². The summed E-state index contributed by atoms with van der Waals surface area (Å²) in [6, 6.07) is 9.43. The van der Waals surface area contributed by atoms with Gasteiger partial charge in [0.15, 0.2) is 0 Å². The zero-order valence-electron chi connectivity index (χ0n) is 11.3. The molecule has 1 atom stereocenters. The van der Waals surface area contributed by atoms with Crippen LogP contribution >= 0.6 is 0 Å². The van der Waals surface area contributed by atoms with Crippen molar-refractivity contribution in [3.8, 4) is 0 Å². The maximum absolute atomic E-state index is 12.7. The minimum Gasteiger partial charge on any atom is -0.396 e. The average molecular weight is 270 g/mol. The van der Waals surface area contributed by atoms with Crippen molar-refractivity contribution < 1.29 is 9.90 Å². The van der Waals surface area contributed by atoms with Crippen LogP contribution in [-0.2, 0) is 0 Å². The molecule has 1 aliphatic heterocycles. The number of benzene rings is 1.